The Labute approximate surface area is 64.4 Å². The zero-order valence-electron chi connectivity index (χ0n) is 6.67. The van der Waals surface area contributed by atoms with Crippen LogP contribution in [0, 0.1) is 11.8 Å². The first kappa shape index (κ1) is 7.65. The summed E-state index contributed by atoms with van der Waals surface area (Å²) in [6, 6.07) is 0. The fourth-order valence-corrected chi connectivity index (χ4v) is 1.15. The minimum atomic E-state index is 0.701. The normalized spacial score (nSPS) is 25.1. The van der Waals surface area contributed by atoms with Gasteiger partial charge in [-0.25, -0.2) is 0 Å². The standard InChI is InChI=1S/C9H13B/c1-7(2)8-3-5-9(10)6-4-8/h3,5-8H,4H2,1-2H3. The summed E-state index contributed by atoms with van der Waals surface area (Å²) in [6.07, 6.45) is 7.43. The quantitative estimate of drug-likeness (QED) is 0.480. The summed E-state index contributed by atoms with van der Waals surface area (Å²) < 4.78 is 0. The van der Waals surface area contributed by atoms with Gasteiger partial charge >= 0.3 is 0 Å². The molecule has 0 aromatic carbocycles. The molecule has 1 rings (SSSR count). The van der Waals surface area contributed by atoms with E-state index in [1.807, 2.05) is 6.08 Å². The Balaban J connectivity index is 2.52. The third-order valence-electron chi connectivity index (χ3n) is 2.02. The molecule has 1 aliphatic rings. The van der Waals surface area contributed by atoms with E-state index in [2.05, 4.69) is 26.0 Å². The molecule has 0 heterocycles. The van der Waals surface area contributed by atoms with Crippen LogP contribution in [0.4, 0.5) is 0 Å². The highest BCUT2D eigenvalue weighted by Crippen LogP contribution is 2.21. The zero-order valence-corrected chi connectivity index (χ0v) is 6.67. The summed E-state index contributed by atoms with van der Waals surface area (Å²) in [5.41, 5.74) is 0.914. The van der Waals surface area contributed by atoms with Crippen molar-refractivity contribution in [2.75, 3.05) is 0 Å². The molecule has 0 aromatic rings. The van der Waals surface area contributed by atoms with Crippen LogP contribution in [0.15, 0.2) is 23.7 Å². The molecule has 1 atom stereocenters. The second-order valence-corrected chi connectivity index (χ2v) is 3.21. The molecule has 0 amide bonds. The molecule has 1 heteroatoms. The Morgan fingerprint density at radius 2 is 2.30 bits per heavy atom. The lowest BCUT2D eigenvalue weighted by atomic mass is 9.82. The van der Waals surface area contributed by atoms with Crippen molar-refractivity contribution >= 4 is 7.85 Å². The first-order chi connectivity index (χ1) is 4.70. The van der Waals surface area contributed by atoms with Crippen molar-refractivity contribution in [3.8, 4) is 0 Å². The van der Waals surface area contributed by atoms with Crippen LogP contribution in [0.2, 0.25) is 0 Å². The molecule has 1 unspecified atom stereocenters. The van der Waals surface area contributed by atoms with E-state index in [1.165, 1.54) is 0 Å². The van der Waals surface area contributed by atoms with Crippen molar-refractivity contribution in [1.82, 2.24) is 0 Å². The van der Waals surface area contributed by atoms with Gasteiger partial charge in [-0.3, -0.25) is 0 Å². The van der Waals surface area contributed by atoms with Crippen molar-refractivity contribution in [1.29, 1.82) is 0 Å². The van der Waals surface area contributed by atoms with Gasteiger partial charge < -0.3 is 0 Å². The molecule has 0 N–H and O–H groups in total. The van der Waals surface area contributed by atoms with Gasteiger partial charge in [0.1, 0.15) is 7.85 Å². The summed E-state index contributed by atoms with van der Waals surface area (Å²) in [6.45, 7) is 4.48. The third kappa shape index (κ3) is 1.76. The molecule has 0 aromatic heterocycles. The highest BCUT2D eigenvalue weighted by Gasteiger charge is 2.09. The minimum absolute atomic E-state index is 0.701. The maximum Gasteiger partial charge on any atom is 0.113 e. The Morgan fingerprint density at radius 3 is 2.70 bits per heavy atom. The minimum Gasteiger partial charge on any atom is -0.101 e. The number of hydrogen-bond acceptors (Lipinski definition) is 0. The number of hydrogen-bond donors (Lipinski definition) is 0. The maximum absolute atomic E-state index is 5.57. The Bertz CT molecular complexity index is 166. The van der Waals surface area contributed by atoms with Gasteiger partial charge in [0.2, 0.25) is 0 Å². The van der Waals surface area contributed by atoms with Gasteiger partial charge in [0.05, 0.1) is 0 Å². The largest absolute Gasteiger partial charge is 0.113 e. The molecule has 0 bridgehead atoms. The molecule has 2 radical (unpaired) electrons. The lowest BCUT2D eigenvalue weighted by Crippen LogP contribution is -2.07. The van der Waals surface area contributed by atoms with Gasteiger partial charge in [-0.1, -0.05) is 32.1 Å². The zero-order chi connectivity index (χ0) is 7.56. The molecule has 0 nitrogen and oxygen atoms in total. The highest BCUT2D eigenvalue weighted by molar-refractivity contribution is 6.23. The van der Waals surface area contributed by atoms with Crippen LogP contribution >= 0.6 is 0 Å². The number of rotatable bonds is 1. The molecule has 0 fully saturated rings. The maximum atomic E-state index is 5.57. The van der Waals surface area contributed by atoms with Crippen molar-refractivity contribution in [3.63, 3.8) is 0 Å². The van der Waals surface area contributed by atoms with E-state index in [0.717, 1.165) is 17.8 Å². The van der Waals surface area contributed by atoms with Gasteiger partial charge in [0.25, 0.3) is 0 Å². The average molecular weight is 132 g/mol. The van der Waals surface area contributed by atoms with Crippen LogP contribution in [-0.2, 0) is 0 Å². The van der Waals surface area contributed by atoms with Crippen LogP contribution in [-0.4, -0.2) is 7.85 Å². The Kier molecular flexibility index (Phi) is 2.36. The van der Waals surface area contributed by atoms with Crippen LogP contribution < -0.4 is 0 Å². The molecule has 52 valence electrons. The molecule has 0 aliphatic heterocycles. The summed E-state index contributed by atoms with van der Waals surface area (Å²) in [7, 11) is 5.57. The van der Waals surface area contributed by atoms with Gasteiger partial charge in [0.15, 0.2) is 0 Å². The van der Waals surface area contributed by atoms with Crippen LogP contribution in [0.5, 0.6) is 0 Å². The average Bonchev–Trinajstić information content (AvgIpc) is 1.88. The molecule has 1 aliphatic carbocycles. The van der Waals surface area contributed by atoms with Gasteiger partial charge in [-0.2, -0.15) is 0 Å². The van der Waals surface area contributed by atoms with E-state index in [-0.39, 0.29) is 0 Å². The SMILES string of the molecule is [B]C1=CCC(C(C)C)C=C1. The van der Waals surface area contributed by atoms with Crippen molar-refractivity contribution in [3.05, 3.63) is 23.7 Å². The molecule has 0 saturated heterocycles. The summed E-state index contributed by atoms with van der Waals surface area (Å²) in [5.74, 6) is 1.44. The first-order valence-corrected chi connectivity index (χ1v) is 3.84. The van der Waals surface area contributed by atoms with E-state index >= 15 is 0 Å². The lowest BCUT2D eigenvalue weighted by Gasteiger charge is -2.18. The van der Waals surface area contributed by atoms with Gasteiger partial charge in [0, 0.05) is 0 Å². The van der Waals surface area contributed by atoms with Crippen molar-refractivity contribution < 1.29 is 0 Å². The predicted octanol–water partition coefficient (Wildman–Crippen LogP) is 2.27. The fourth-order valence-electron chi connectivity index (χ4n) is 1.15. The number of allylic oxidation sites excluding steroid dienone is 4. The van der Waals surface area contributed by atoms with E-state index in [4.69, 9.17) is 7.85 Å². The summed E-state index contributed by atoms with van der Waals surface area (Å²) in [5, 5.41) is 0. The van der Waals surface area contributed by atoms with Crippen molar-refractivity contribution in [2.45, 2.75) is 20.3 Å². The third-order valence-corrected chi connectivity index (χ3v) is 2.02. The smallest absolute Gasteiger partial charge is 0.101 e. The van der Waals surface area contributed by atoms with Crippen LogP contribution in [0.25, 0.3) is 0 Å². The van der Waals surface area contributed by atoms with E-state index in [1.54, 1.807) is 0 Å². The summed E-state index contributed by atoms with van der Waals surface area (Å²) >= 11 is 0. The van der Waals surface area contributed by atoms with Crippen molar-refractivity contribution in [2.24, 2.45) is 11.8 Å². The molecular weight excluding hydrogens is 119 g/mol. The van der Waals surface area contributed by atoms with Crippen LogP contribution in [0.1, 0.15) is 20.3 Å². The highest BCUT2D eigenvalue weighted by atomic mass is 14.1. The molecule has 10 heavy (non-hydrogen) atoms. The van der Waals surface area contributed by atoms with Crippen LogP contribution in [0.3, 0.4) is 0 Å². The lowest BCUT2D eigenvalue weighted by molar-refractivity contribution is 0.467. The second-order valence-electron chi connectivity index (χ2n) is 3.21. The Morgan fingerprint density at radius 1 is 1.60 bits per heavy atom. The fraction of sp³-hybridized carbons (Fsp3) is 0.556. The monoisotopic (exact) mass is 132 g/mol. The van der Waals surface area contributed by atoms with E-state index in [9.17, 15) is 0 Å². The molecular formula is C9H13B. The van der Waals surface area contributed by atoms with E-state index < -0.39 is 0 Å². The summed E-state index contributed by atoms with van der Waals surface area (Å²) in [4.78, 5) is 0. The molecule has 0 spiro atoms. The van der Waals surface area contributed by atoms with E-state index in [0.29, 0.717) is 5.92 Å². The first-order valence-electron chi connectivity index (χ1n) is 3.84. The topological polar surface area (TPSA) is 0 Å². The van der Waals surface area contributed by atoms with Gasteiger partial charge in [-0.15, -0.1) is 5.47 Å². The molecule has 0 saturated carbocycles. The second kappa shape index (κ2) is 3.09. The van der Waals surface area contributed by atoms with Gasteiger partial charge in [-0.05, 0) is 18.3 Å². The predicted molar refractivity (Wildman–Crippen MR) is 45.9 cm³/mol. The Hall–Kier alpha value is -0.455.